The van der Waals surface area contributed by atoms with Crippen molar-refractivity contribution in [2.24, 2.45) is 0 Å². The van der Waals surface area contributed by atoms with Gasteiger partial charge in [-0.05, 0) is 55.9 Å². The van der Waals surface area contributed by atoms with E-state index in [1.165, 1.54) is 19.0 Å². The molecule has 2 aliphatic heterocycles. The van der Waals surface area contributed by atoms with Crippen molar-refractivity contribution in [1.82, 2.24) is 14.9 Å². The molecule has 6 rings (SSSR count). The number of ether oxygens (including phenoxy) is 2. The summed E-state index contributed by atoms with van der Waals surface area (Å²) >= 11 is 0. The molecule has 36 heavy (non-hydrogen) atoms. The van der Waals surface area contributed by atoms with Gasteiger partial charge < -0.3 is 25.4 Å². The maximum atomic E-state index is 15.3. The van der Waals surface area contributed by atoms with E-state index in [4.69, 9.17) is 15.2 Å². The van der Waals surface area contributed by atoms with E-state index in [0.717, 1.165) is 37.2 Å². The lowest BCUT2D eigenvalue weighted by atomic mass is 9.88. The Morgan fingerprint density at radius 1 is 1.22 bits per heavy atom. The maximum absolute atomic E-state index is 15.3. The molecule has 4 heterocycles. The lowest BCUT2D eigenvalue weighted by Crippen LogP contribution is -2.47. The molecular formula is C26H29FN6O3. The molecule has 1 saturated heterocycles. The molecule has 1 aromatic carbocycles. The van der Waals surface area contributed by atoms with Crippen molar-refractivity contribution in [1.29, 1.82) is 0 Å². The minimum absolute atomic E-state index is 0.00659. The number of nitrogens with two attached hydrogens (primary N) is 1. The molecule has 2 aromatic heterocycles. The van der Waals surface area contributed by atoms with Crippen LogP contribution in [-0.2, 0) is 4.74 Å². The summed E-state index contributed by atoms with van der Waals surface area (Å²) in [6.07, 6.45) is 6.68. The number of nitrogen functional groups attached to an aromatic ring is 1. The molecule has 3 aliphatic rings. The molecular weight excluding hydrogens is 463 g/mol. The van der Waals surface area contributed by atoms with Gasteiger partial charge >= 0.3 is 6.09 Å². The normalized spacial score (nSPS) is 21.3. The van der Waals surface area contributed by atoms with Gasteiger partial charge in [-0.3, -0.25) is 5.32 Å². The number of hydrogen-bond donors (Lipinski definition) is 3. The summed E-state index contributed by atoms with van der Waals surface area (Å²) < 4.78 is 26.5. The number of hydrogen-bond acceptors (Lipinski definition) is 8. The highest BCUT2D eigenvalue weighted by Crippen LogP contribution is 2.39. The third kappa shape index (κ3) is 4.05. The Bertz CT molecular complexity index is 1340. The Hall–Kier alpha value is -3.66. The summed E-state index contributed by atoms with van der Waals surface area (Å²) in [5.74, 6) is 0.280. The molecule has 0 spiro atoms. The fourth-order valence-electron chi connectivity index (χ4n) is 5.38. The van der Waals surface area contributed by atoms with Gasteiger partial charge in [0.2, 0.25) is 5.88 Å². The first kappa shape index (κ1) is 22.8. The van der Waals surface area contributed by atoms with Gasteiger partial charge in [0, 0.05) is 54.3 Å². The number of likely N-dealkylation sites (tertiary alicyclic amines) is 1. The van der Waals surface area contributed by atoms with Crippen LogP contribution < -0.4 is 21.1 Å². The first-order valence-corrected chi connectivity index (χ1v) is 12.4. The quantitative estimate of drug-likeness (QED) is 0.462. The number of amides is 1. The van der Waals surface area contributed by atoms with Gasteiger partial charge in [-0.2, -0.15) is 0 Å². The molecule has 4 N–H and O–H groups in total. The standard InChI is InChI=1S/C26H29FN6O3/c1-14-19(12-31-25-24(14)29-4-7-35-25)18-8-15-9-21(30-13-20(15)23(28)22(18)27)32-26(34)36-17-10-16(11-17)33-5-2-3-6-33/h8-9,12-13,16-17,29H,2-7,10-11,28H2,1H3,(H,30,32,34). The fourth-order valence-corrected chi connectivity index (χ4v) is 5.38. The zero-order chi connectivity index (χ0) is 24.8. The minimum atomic E-state index is -0.539. The van der Waals surface area contributed by atoms with Crippen LogP contribution in [0.2, 0.25) is 0 Å². The molecule has 0 bridgehead atoms. The number of pyridine rings is 2. The summed E-state index contributed by atoms with van der Waals surface area (Å²) in [5, 5.41) is 7.09. The number of fused-ring (bicyclic) bond motifs is 2. The van der Waals surface area contributed by atoms with E-state index in [1.807, 2.05) is 6.92 Å². The maximum Gasteiger partial charge on any atom is 0.413 e. The van der Waals surface area contributed by atoms with Gasteiger partial charge in [-0.1, -0.05) is 0 Å². The van der Waals surface area contributed by atoms with Crippen molar-refractivity contribution in [3.8, 4) is 17.0 Å². The third-order valence-corrected chi connectivity index (χ3v) is 7.47. The summed E-state index contributed by atoms with van der Waals surface area (Å²) in [6, 6.07) is 3.89. The van der Waals surface area contributed by atoms with Crippen LogP contribution in [0.25, 0.3) is 21.9 Å². The average molecular weight is 493 g/mol. The number of carbonyl (C=O) groups excluding carboxylic acids is 1. The highest BCUT2D eigenvalue weighted by molar-refractivity contribution is 5.99. The largest absolute Gasteiger partial charge is 0.474 e. The van der Waals surface area contributed by atoms with Crippen LogP contribution in [0.3, 0.4) is 0 Å². The predicted octanol–water partition coefficient (Wildman–Crippen LogP) is 4.31. The van der Waals surface area contributed by atoms with Gasteiger partial charge in [0.15, 0.2) is 5.82 Å². The lowest BCUT2D eigenvalue weighted by Gasteiger charge is -2.40. The van der Waals surface area contributed by atoms with Crippen molar-refractivity contribution >= 4 is 34.1 Å². The third-order valence-electron chi connectivity index (χ3n) is 7.47. The van der Waals surface area contributed by atoms with Crippen LogP contribution >= 0.6 is 0 Å². The second-order valence-electron chi connectivity index (χ2n) is 9.72. The summed E-state index contributed by atoms with van der Waals surface area (Å²) in [6.45, 7) is 5.35. The topological polar surface area (TPSA) is 115 Å². The smallest absolute Gasteiger partial charge is 0.413 e. The number of halogens is 1. The molecule has 0 unspecified atom stereocenters. The van der Waals surface area contributed by atoms with Crippen molar-refractivity contribution in [2.45, 2.75) is 44.8 Å². The first-order chi connectivity index (χ1) is 17.5. The lowest BCUT2D eigenvalue weighted by molar-refractivity contribution is 0.000773. The van der Waals surface area contributed by atoms with Crippen molar-refractivity contribution in [3.63, 3.8) is 0 Å². The molecule has 0 atom stereocenters. The Kier molecular flexibility index (Phi) is 5.75. The highest BCUT2D eigenvalue weighted by atomic mass is 19.1. The molecule has 188 valence electrons. The van der Waals surface area contributed by atoms with Crippen LogP contribution in [0.1, 0.15) is 31.2 Å². The fraction of sp³-hybridized carbons (Fsp3) is 0.423. The Morgan fingerprint density at radius 3 is 2.83 bits per heavy atom. The van der Waals surface area contributed by atoms with E-state index in [0.29, 0.717) is 52.8 Å². The van der Waals surface area contributed by atoms with Gasteiger partial charge in [-0.15, -0.1) is 0 Å². The molecule has 10 heteroatoms. The Labute approximate surface area is 208 Å². The highest BCUT2D eigenvalue weighted by Gasteiger charge is 2.37. The summed E-state index contributed by atoms with van der Waals surface area (Å²) in [5.41, 5.74) is 8.66. The summed E-state index contributed by atoms with van der Waals surface area (Å²) in [7, 11) is 0. The zero-order valence-corrected chi connectivity index (χ0v) is 20.1. The SMILES string of the molecule is Cc1c(-c2cc3cc(NC(=O)OC4CC(N5CCCC5)C4)ncc3c(N)c2F)cnc2c1NCCO2. The second kappa shape index (κ2) is 9.09. The van der Waals surface area contributed by atoms with Gasteiger partial charge in [-0.25, -0.2) is 19.2 Å². The van der Waals surface area contributed by atoms with Crippen LogP contribution in [0, 0.1) is 12.7 Å². The Morgan fingerprint density at radius 2 is 2.03 bits per heavy atom. The van der Waals surface area contributed by atoms with Crippen molar-refractivity contribution in [3.05, 3.63) is 35.9 Å². The van der Waals surface area contributed by atoms with E-state index in [2.05, 4.69) is 25.5 Å². The number of aromatic nitrogens is 2. The van der Waals surface area contributed by atoms with Crippen LogP contribution in [0.15, 0.2) is 24.5 Å². The molecule has 0 radical (unpaired) electrons. The van der Waals surface area contributed by atoms with E-state index in [-0.39, 0.29) is 11.8 Å². The van der Waals surface area contributed by atoms with Gasteiger partial charge in [0.1, 0.15) is 24.2 Å². The number of benzene rings is 1. The molecule has 1 amide bonds. The monoisotopic (exact) mass is 492 g/mol. The van der Waals surface area contributed by atoms with Crippen molar-refractivity contribution < 1.29 is 18.7 Å². The molecule has 9 nitrogen and oxygen atoms in total. The predicted molar refractivity (Wildman–Crippen MR) is 136 cm³/mol. The summed E-state index contributed by atoms with van der Waals surface area (Å²) in [4.78, 5) is 23.6. The second-order valence-corrected chi connectivity index (χ2v) is 9.72. The van der Waals surface area contributed by atoms with Gasteiger partial charge in [0.05, 0.1) is 5.69 Å². The number of rotatable bonds is 4. The van der Waals surface area contributed by atoms with Crippen LogP contribution in [0.5, 0.6) is 5.88 Å². The number of carbonyl (C=O) groups is 1. The molecule has 2 fully saturated rings. The van der Waals surface area contributed by atoms with E-state index in [1.54, 1.807) is 18.3 Å². The van der Waals surface area contributed by atoms with E-state index < -0.39 is 11.9 Å². The number of nitrogens with zero attached hydrogens (tertiary/aromatic N) is 3. The zero-order valence-electron chi connectivity index (χ0n) is 20.1. The van der Waals surface area contributed by atoms with Crippen LogP contribution in [0.4, 0.5) is 26.4 Å². The molecule has 3 aromatic rings. The van der Waals surface area contributed by atoms with Crippen LogP contribution in [-0.4, -0.2) is 59.3 Å². The first-order valence-electron chi connectivity index (χ1n) is 12.4. The number of anilines is 3. The van der Waals surface area contributed by atoms with Crippen molar-refractivity contribution in [2.75, 3.05) is 42.6 Å². The average Bonchev–Trinajstić information content (AvgIpc) is 3.38. The van der Waals surface area contributed by atoms with E-state index in [9.17, 15) is 4.79 Å². The Balaban J connectivity index is 1.22. The van der Waals surface area contributed by atoms with E-state index >= 15 is 4.39 Å². The molecule has 1 saturated carbocycles. The van der Waals surface area contributed by atoms with Gasteiger partial charge in [0.25, 0.3) is 0 Å². The number of nitrogens with one attached hydrogen (secondary N) is 2. The minimum Gasteiger partial charge on any atom is -0.474 e. The molecule has 1 aliphatic carbocycles.